The molecule has 0 heterocycles. The third-order valence-corrected chi connectivity index (χ3v) is 2.41. The van der Waals surface area contributed by atoms with Crippen LogP contribution < -0.4 is 5.32 Å². The van der Waals surface area contributed by atoms with Gasteiger partial charge in [-0.25, -0.2) is 13.8 Å². The molecule has 1 aromatic rings. The summed E-state index contributed by atoms with van der Waals surface area (Å²) < 4.78 is 26.8. The molecule has 0 aliphatic rings. The van der Waals surface area contributed by atoms with Crippen molar-refractivity contribution in [2.75, 3.05) is 6.26 Å². The van der Waals surface area contributed by atoms with Crippen molar-refractivity contribution in [2.45, 2.75) is 6.92 Å². The van der Waals surface area contributed by atoms with E-state index in [-0.39, 0.29) is 10.9 Å². The molecule has 1 N–H and O–H groups in total. The second kappa shape index (κ2) is 5.47. The molecule has 3 nitrogen and oxygen atoms in total. The van der Waals surface area contributed by atoms with Crippen LogP contribution in [0, 0.1) is 30.0 Å². The standard InChI is InChI=1S/C10H9F2N3S/c1-6-3-4-7(11)9(8(6)12)15-10(16-2)14-5-13/h3-4H,1-2H3,(H,14,15). The van der Waals surface area contributed by atoms with Crippen molar-refractivity contribution in [2.24, 2.45) is 4.99 Å². The Labute approximate surface area is 96.2 Å². The van der Waals surface area contributed by atoms with Gasteiger partial charge in [0.15, 0.2) is 23.0 Å². The zero-order valence-electron chi connectivity index (χ0n) is 8.71. The predicted octanol–water partition coefficient (Wildman–Crippen LogP) is 2.69. The third kappa shape index (κ3) is 2.70. The Morgan fingerprint density at radius 1 is 1.50 bits per heavy atom. The highest BCUT2D eigenvalue weighted by molar-refractivity contribution is 8.13. The molecule has 0 spiro atoms. The van der Waals surface area contributed by atoms with Gasteiger partial charge in [0, 0.05) is 0 Å². The SMILES string of the molecule is CSC(=Nc1c(F)ccc(C)c1F)NC#N. The van der Waals surface area contributed by atoms with Crippen LogP contribution in [0.25, 0.3) is 0 Å². The van der Waals surface area contributed by atoms with E-state index >= 15 is 0 Å². The maximum atomic E-state index is 13.5. The summed E-state index contributed by atoms with van der Waals surface area (Å²) >= 11 is 1.10. The summed E-state index contributed by atoms with van der Waals surface area (Å²) in [6.07, 6.45) is 3.29. The van der Waals surface area contributed by atoms with Crippen molar-refractivity contribution < 1.29 is 8.78 Å². The molecule has 0 amide bonds. The van der Waals surface area contributed by atoms with Crippen molar-refractivity contribution in [3.05, 3.63) is 29.3 Å². The minimum atomic E-state index is -0.755. The molecular weight excluding hydrogens is 232 g/mol. The number of hydrogen-bond donors (Lipinski definition) is 1. The fourth-order valence-corrected chi connectivity index (χ4v) is 1.35. The number of nitriles is 1. The zero-order valence-corrected chi connectivity index (χ0v) is 9.53. The minimum absolute atomic E-state index is 0.144. The Kier molecular flexibility index (Phi) is 4.26. The van der Waals surface area contributed by atoms with Crippen molar-refractivity contribution >= 4 is 22.6 Å². The number of rotatable bonds is 1. The van der Waals surface area contributed by atoms with Crippen LogP contribution in [0.5, 0.6) is 0 Å². The lowest BCUT2D eigenvalue weighted by atomic mass is 10.2. The van der Waals surface area contributed by atoms with Gasteiger partial charge >= 0.3 is 0 Å². The molecule has 0 fully saturated rings. The molecule has 0 aliphatic carbocycles. The Bertz CT molecular complexity index is 466. The summed E-state index contributed by atoms with van der Waals surface area (Å²) in [5.41, 5.74) is -0.0790. The zero-order chi connectivity index (χ0) is 12.1. The number of halogens is 2. The Balaban J connectivity index is 3.23. The van der Waals surface area contributed by atoms with E-state index in [4.69, 9.17) is 5.26 Å². The van der Waals surface area contributed by atoms with Gasteiger partial charge in [0.1, 0.15) is 5.69 Å². The number of aliphatic imine (C=N–C) groups is 1. The van der Waals surface area contributed by atoms with E-state index in [0.717, 1.165) is 17.8 Å². The highest BCUT2D eigenvalue weighted by Crippen LogP contribution is 2.25. The van der Waals surface area contributed by atoms with E-state index in [9.17, 15) is 8.78 Å². The van der Waals surface area contributed by atoms with Crippen LogP contribution in [-0.2, 0) is 0 Å². The molecule has 0 aliphatic heterocycles. The minimum Gasteiger partial charge on any atom is -0.271 e. The van der Waals surface area contributed by atoms with Gasteiger partial charge in [-0.3, -0.25) is 5.32 Å². The van der Waals surface area contributed by atoms with Crippen molar-refractivity contribution in [1.82, 2.24) is 5.32 Å². The van der Waals surface area contributed by atoms with Gasteiger partial charge < -0.3 is 0 Å². The molecule has 0 radical (unpaired) electrons. The normalized spacial score (nSPS) is 11.1. The summed E-state index contributed by atoms with van der Waals surface area (Å²) in [7, 11) is 0. The topological polar surface area (TPSA) is 48.2 Å². The van der Waals surface area contributed by atoms with Gasteiger partial charge in [-0.1, -0.05) is 17.8 Å². The number of aryl methyl sites for hydroxylation is 1. The first-order valence-corrected chi connectivity index (χ1v) is 5.55. The van der Waals surface area contributed by atoms with Crippen molar-refractivity contribution in [3.8, 4) is 6.19 Å². The van der Waals surface area contributed by atoms with Crippen molar-refractivity contribution in [3.63, 3.8) is 0 Å². The van der Waals surface area contributed by atoms with Crippen LogP contribution in [0.2, 0.25) is 0 Å². The van der Waals surface area contributed by atoms with Crippen LogP contribution in [-0.4, -0.2) is 11.4 Å². The number of benzene rings is 1. The number of nitrogens with zero attached hydrogens (tertiary/aromatic N) is 2. The van der Waals surface area contributed by atoms with E-state index in [1.807, 2.05) is 0 Å². The van der Waals surface area contributed by atoms with Gasteiger partial charge in [0.25, 0.3) is 0 Å². The van der Waals surface area contributed by atoms with E-state index in [2.05, 4.69) is 10.3 Å². The first-order chi connectivity index (χ1) is 7.60. The number of nitrogens with one attached hydrogen (secondary N) is 1. The van der Waals surface area contributed by atoms with Crippen LogP contribution in [0.4, 0.5) is 14.5 Å². The molecule has 1 aromatic carbocycles. The van der Waals surface area contributed by atoms with Gasteiger partial charge in [-0.2, -0.15) is 5.26 Å². The lowest BCUT2D eigenvalue weighted by Crippen LogP contribution is -2.12. The largest absolute Gasteiger partial charge is 0.271 e. The van der Waals surface area contributed by atoms with E-state index in [1.165, 1.54) is 13.0 Å². The lowest BCUT2D eigenvalue weighted by molar-refractivity contribution is 0.581. The molecule has 0 aromatic heterocycles. The summed E-state index contributed by atoms with van der Waals surface area (Å²) in [5.74, 6) is -1.47. The molecule has 0 atom stereocenters. The van der Waals surface area contributed by atoms with Crippen molar-refractivity contribution in [1.29, 1.82) is 5.26 Å². The van der Waals surface area contributed by atoms with Gasteiger partial charge in [-0.15, -0.1) is 0 Å². The molecule has 84 valence electrons. The lowest BCUT2D eigenvalue weighted by Gasteiger charge is -2.04. The van der Waals surface area contributed by atoms with E-state index < -0.39 is 11.6 Å². The molecule has 0 unspecified atom stereocenters. The molecule has 16 heavy (non-hydrogen) atoms. The second-order valence-electron chi connectivity index (χ2n) is 2.88. The monoisotopic (exact) mass is 241 g/mol. The maximum absolute atomic E-state index is 13.5. The quantitative estimate of drug-likeness (QED) is 0.356. The predicted molar refractivity (Wildman–Crippen MR) is 60.5 cm³/mol. The fraction of sp³-hybridized carbons (Fsp3) is 0.200. The highest BCUT2D eigenvalue weighted by Gasteiger charge is 2.11. The van der Waals surface area contributed by atoms with Gasteiger partial charge in [-0.05, 0) is 24.8 Å². The summed E-state index contributed by atoms with van der Waals surface area (Å²) in [5, 5.41) is 10.8. The smallest absolute Gasteiger partial charge is 0.183 e. The molecule has 0 bridgehead atoms. The summed E-state index contributed by atoms with van der Waals surface area (Å²) in [4.78, 5) is 3.72. The van der Waals surface area contributed by atoms with Gasteiger partial charge in [0.2, 0.25) is 0 Å². The average Bonchev–Trinajstić information content (AvgIpc) is 2.28. The first kappa shape index (κ1) is 12.5. The van der Waals surface area contributed by atoms with E-state index in [1.54, 1.807) is 12.4 Å². The third-order valence-electron chi connectivity index (χ3n) is 1.83. The van der Waals surface area contributed by atoms with E-state index in [0.29, 0.717) is 5.56 Å². The summed E-state index contributed by atoms with van der Waals surface area (Å²) in [6, 6.07) is 2.47. The molecule has 1 rings (SSSR count). The Hall–Kier alpha value is -1.61. The number of amidine groups is 1. The van der Waals surface area contributed by atoms with Crippen LogP contribution >= 0.6 is 11.8 Å². The number of hydrogen-bond acceptors (Lipinski definition) is 3. The fourth-order valence-electron chi connectivity index (χ4n) is 1.02. The van der Waals surface area contributed by atoms with Crippen LogP contribution in [0.3, 0.4) is 0 Å². The Morgan fingerprint density at radius 3 is 2.75 bits per heavy atom. The maximum Gasteiger partial charge on any atom is 0.183 e. The van der Waals surface area contributed by atoms with Crippen LogP contribution in [0.1, 0.15) is 5.56 Å². The average molecular weight is 241 g/mol. The molecule has 0 saturated heterocycles. The highest BCUT2D eigenvalue weighted by atomic mass is 32.2. The first-order valence-electron chi connectivity index (χ1n) is 4.32. The second-order valence-corrected chi connectivity index (χ2v) is 3.68. The molecular formula is C10H9F2N3S. The van der Waals surface area contributed by atoms with Crippen LogP contribution in [0.15, 0.2) is 17.1 Å². The summed E-state index contributed by atoms with van der Waals surface area (Å²) in [6.45, 7) is 1.52. The Morgan fingerprint density at radius 2 is 2.19 bits per heavy atom. The van der Waals surface area contributed by atoms with Gasteiger partial charge in [0.05, 0.1) is 0 Å². The molecule has 0 saturated carbocycles. The number of thioether (sulfide) groups is 1. The molecule has 6 heteroatoms.